The Morgan fingerprint density at radius 3 is 1.69 bits per heavy atom. The fourth-order valence-electron chi connectivity index (χ4n) is 4.70. The molecule has 32 heavy (non-hydrogen) atoms. The van der Waals surface area contributed by atoms with Gasteiger partial charge in [0.05, 0.1) is 22.9 Å². The van der Waals surface area contributed by atoms with E-state index in [1.807, 2.05) is 95.7 Å². The van der Waals surface area contributed by atoms with Crippen LogP contribution in [0.3, 0.4) is 0 Å². The van der Waals surface area contributed by atoms with E-state index in [1.165, 1.54) is 0 Å². The molecule has 4 aromatic carbocycles. The maximum Gasteiger partial charge on any atom is 0.197 e. The van der Waals surface area contributed by atoms with Gasteiger partial charge in [-0.15, -0.1) is 0 Å². The van der Waals surface area contributed by atoms with Gasteiger partial charge in [-0.2, -0.15) is 5.10 Å². The molecule has 6 rings (SSSR count). The van der Waals surface area contributed by atoms with Crippen LogP contribution in [0.4, 0.5) is 0 Å². The molecular weight excluding hydrogens is 392 g/mol. The highest BCUT2D eigenvalue weighted by Crippen LogP contribution is 2.44. The van der Waals surface area contributed by atoms with Crippen LogP contribution in [-0.2, 0) is 0 Å². The normalized spacial score (nSPS) is 12.1. The highest BCUT2D eigenvalue weighted by Gasteiger charge is 2.37. The lowest BCUT2D eigenvalue weighted by Gasteiger charge is -2.21. The molecular formula is C29H20N2O. The Bertz CT molecular complexity index is 1380. The summed E-state index contributed by atoms with van der Waals surface area (Å²) >= 11 is 0. The largest absolute Gasteiger partial charge is 0.288 e. The number of hydrogen-bond donors (Lipinski definition) is 0. The van der Waals surface area contributed by atoms with Crippen molar-refractivity contribution in [3.63, 3.8) is 0 Å². The van der Waals surface area contributed by atoms with E-state index >= 15 is 0 Å². The first kappa shape index (κ1) is 18.5. The van der Waals surface area contributed by atoms with Crippen LogP contribution in [0.15, 0.2) is 115 Å². The molecule has 0 unspecified atom stereocenters. The van der Waals surface area contributed by atoms with Gasteiger partial charge in [-0.25, -0.2) is 4.68 Å². The molecule has 1 aromatic heterocycles. The number of aromatic nitrogens is 2. The number of carbonyl (C=O) groups excluding carboxylic acids is 1. The van der Waals surface area contributed by atoms with Gasteiger partial charge in [0, 0.05) is 11.1 Å². The molecule has 0 spiro atoms. The molecule has 0 radical (unpaired) electrons. The second kappa shape index (κ2) is 7.47. The third-order valence-electron chi connectivity index (χ3n) is 6.12. The molecule has 3 nitrogen and oxygen atoms in total. The predicted octanol–water partition coefficient (Wildman–Crippen LogP) is 6.26. The van der Waals surface area contributed by atoms with Crippen LogP contribution < -0.4 is 0 Å². The highest BCUT2D eigenvalue weighted by atomic mass is 16.1. The molecule has 1 aliphatic carbocycles. The van der Waals surface area contributed by atoms with Crippen LogP contribution in [-0.4, -0.2) is 15.6 Å². The van der Waals surface area contributed by atoms with Gasteiger partial charge in [0.1, 0.15) is 5.69 Å². The first-order chi connectivity index (χ1) is 15.8. The maximum absolute atomic E-state index is 13.7. The lowest BCUT2D eigenvalue weighted by Crippen LogP contribution is -2.14. The molecule has 0 aliphatic heterocycles. The summed E-state index contributed by atoms with van der Waals surface area (Å²) in [6.45, 7) is 0. The van der Waals surface area contributed by atoms with Gasteiger partial charge in [-0.3, -0.25) is 4.79 Å². The fourth-order valence-corrected chi connectivity index (χ4v) is 4.70. The second-order valence-corrected chi connectivity index (χ2v) is 7.99. The van der Waals surface area contributed by atoms with E-state index in [9.17, 15) is 4.79 Å². The Kier molecular flexibility index (Phi) is 4.32. The van der Waals surface area contributed by atoms with E-state index < -0.39 is 0 Å². The Balaban J connectivity index is 1.70. The summed E-state index contributed by atoms with van der Waals surface area (Å²) < 4.78 is 1.96. The standard InChI is InChI=1S/C29H20N2O/c32-29-24-19-11-10-18-23(24)27-26(29)28(31(30-27)22-16-8-3-9-17-22)25(20-12-4-1-5-13-20)21-14-6-2-7-15-21/h1-19,25H. The van der Waals surface area contributed by atoms with Crippen LogP contribution >= 0.6 is 0 Å². The van der Waals surface area contributed by atoms with Gasteiger partial charge in [-0.1, -0.05) is 103 Å². The van der Waals surface area contributed by atoms with E-state index in [2.05, 4.69) is 24.3 Å². The minimum absolute atomic E-state index is 0.0460. The van der Waals surface area contributed by atoms with Crippen molar-refractivity contribution >= 4 is 5.78 Å². The van der Waals surface area contributed by atoms with Gasteiger partial charge in [-0.05, 0) is 23.3 Å². The zero-order valence-electron chi connectivity index (χ0n) is 17.3. The SMILES string of the molecule is O=C1c2ccccc2-c2nn(-c3ccccc3)c(C(c3ccccc3)c3ccccc3)c21. The minimum atomic E-state index is -0.132. The Morgan fingerprint density at radius 1 is 0.594 bits per heavy atom. The maximum atomic E-state index is 13.7. The smallest absolute Gasteiger partial charge is 0.197 e. The lowest BCUT2D eigenvalue weighted by molar-refractivity contribution is 0.104. The van der Waals surface area contributed by atoms with Crippen molar-refractivity contribution < 1.29 is 4.79 Å². The van der Waals surface area contributed by atoms with E-state index in [0.29, 0.717) is 5.56 Å². The molecule has 1 heterocycles. The molecule has 152 valence electrons. The molecule has 0 saturated carbocycles. The van der Waals surface area contributed by atoms with Crippen LogP contribution in [0.1, 0.15) is 38.7 Å². The number of nitrogens with zero attached hydrogens (tertiary/aromatic N) is 2. The second-order valence-electron chi connectivity index (χ2n) is 7.99. The van der Waals surface area contributed by atoms with Crippen molar-refractivity contribution in [2.45, 2.75) is 5.92 Å². The van der Waals surface area contributed by atoms with Crippen LogP contribution in [0.5, 0.6) is 0 Å². The van der Waals surface area contributed by atoms with Gasteiger partial charge in [0.15, 0.2) is 5.78 Å². The number of hydrogen-bond acceptors (Lipinski definition) is 2. The Morgan fingerprint density at radius 2 is 1.09 bits per heavy atom. The van der Waals surface area contributed by atoms with Crippen molar-refractivity contribution in [3.8, 4) is 16.9 Å². The van der Waals surface area contributed by atoms with Gasteiger partial charge in [0.2, 0.25) is 0 Å². The number of rotatable bonds is 4. The Labute approximate surface area is 186 Å². The summed E-state index contributed by atoms with van der Waals surface area (Å²) in [6.07, 6.45) is 0. The highest BCUT2D eigenvalue weighted by molar-refractivity contribution is 6.22. The molecule has 0 N–H and O–H groups in total. The number of ketones is 1. The molecule has 3 heteroatoms. The van der Waals surface area contributed by atoms with Crippen LogP contribution in [0.2, 0.25) is 0 Å². The van der Waals surface area contributed by atoms with Crippen molar-refractivity contribution in [1.29, 1.82) is 0 Å². The first-order valence-corrected chi connectivity index (χ1v) is 10.8. The summed E-state index contributed by atoms with van der Waals surface area (Å²) in [7, 11) is 0. The number of para-hydroxylation sites is 1. The average molecular weight is 412 g/mol. The third kappa shape index (κ3) is 2.83. The molecule has 0 bridgehead atoms. The van der Waals surface area contributed by atoms with Gasteiger partial charge in [0.25, 0.3) is 0 Å². The van der Waals surface area contributed by atoms with Gasteiger partial charge >= 0.3 is 0 Å². The summed E-state index contributed by atoms with van der Waals surface area (Å²) in [5.41, 5.74) is 7.21. The predicted molar refractivity (Wildman–Crippen MR) is 126 cm³/mol. The number of benzene rings is 4. The fraction of sp³-hybridized carbons (Fsp3) is 0.0345. The summed E-state index contributed by atoms with van der Waals surface area (Å²) in [5, 5.41) is 5.02. The van der Waals surface area contributed by atoms with Crippen molar-refractivity contribution in [3.05, 3.63) is 143 Å². The van der Waals surface area contributed by atoms with E-state index in [0.717, 1.165) is 39.3 Å². The summed E-state index contributed by atoms with van der Waals surface area (Å²) in [6, 6.07) is 38.6. The zero-order valence-corrected chi connectivity index (χ0v) is 17.3. The zero-order chi connectivity index (χ0) is 21.5. The van der Waals surface area contributed by atoms with Crippen LogP contribution in [0.25, 0.3) is 16.9 Å². The van der Waals surface area contributed by atoms with Crippen LogP contribution in [0, 0.1) is 0 Å². The molecule has 0 amide bonds. The molecule has 0 fully saturated rings. The third-order valence-corrected chi connectivity index (χ3v) is 6.12. The molecule has 0 saturated heterocycles. The lowest BCUT2D eigenvalue weighted by atomic mass is 9.85. The van der Waals surface area contributed by atoms with E-state index in [1.54, 1.807) is 0 Å². The first-order valence-electron chi connectivity index (χ1n) is 10.8. The van der Waals surface area contributed by atoms with Crippen molar-refractivity contribution in [2.24, 2.45) is 0 Å². The summed E-state index contributed by atoms with van der Waals surface area (Å²) in [4.78, 5) is 13.7. The minimum Gasteiger partial charge on any atom is -0.288 e. The Hall–Kier alpha value is -4.24. The average Bonchev–Trinajstić information content (AvgIpc) is 3.38. The summed E-state index contributed by atoms with van der Waals surface area (Å²) in [5.74, 6) is -0.0863. The number of fused-ring (bicyclic) bond motifs is 3. The van der Waals surface area contributed by atoms with E-state index in [-0.39, 0.29) is 11.7 Å². The quantitative estimate of drug-likeness (QED) is 0.342. The van der Waals surface area contributed by atoms with Crippen molar-refractivity contribution in [1.82, 2.24) is 9.78 Å². The monoisotopic (exact) mass is 412 g/mol. The van der Waals surface area contributed by atoms with Crippen molar-refractivity contribution in [2.75, 3.05) is 0 Å². The topological polar surface area (TPSA) is 34.9 Å². The van der Waals surface area contributed by atoms with Gasteiger partial charge < -0.3 is 0 Å². The van der Waals surface area contributed by atoms with E-state index in [4.69, 9.17) is 5.10 Å². The molecule has 1 aliphatic rings. The molecule has 5 aromatic rings. The molecule has 0 atom stereocenters. The number of carbonyl (C=O) groups is 1.